The van der Waals surface area contributed by atoms with Gasteiger partial charge in [-0.25, -0.2) is 0 Å². The fourth-order valence-electron chi connectivity index (χ4n) is 1.76. The van der Waals surface area contributed by atoms with Gasteiger partial charge in [-0.1, -0.05) is 14.4 Å². The molecule has 20 heavy (non-hydrogen) atoms. The quantitative estimate of drug-likeness (QED) is 0.898. The number of nitrogen functional groups attached to an aromatic ring is 1. The van der Waals surface area contributed by atoms with Crippen LogP contribution in [0.15, 0.2) is 11.4 Å². The minimum atomic E-state index is -0.00384. The Morgan fingerprint density at radius 1 is 1.45 bits per heavy atom. The lowest BCUT2D eigenvalue weighted by molar-refractivity contribution is 0.746. The van der Waals surface area contributed by atoms with Crippen molar-refractivity contribution in [3.63, 3.8) is 0 Å². The Morgan fingerprint density at radius 3 is 2.80 bits per heavy atom. The molecular formula is C13H18N6S. The molecule has 0 aromatic carbocycles. The van der Waals surface area contributed by atoms with Crippen LogP contribution in [0.2, 0.25) is 0 Å². The van der Waals surface area contributed by atoms with E-state index in [-0.39, 0.29) is 19.4 Å². The molecule has 3 N–H and O–H groups in total. The minimum Gasteiger partial charge on any atom is -0.368 e. The standard InChI is InChI=1S/C12H14N6S.CH4/c1-3-9(10-8(6-13)4-5-19-10)17-12-16-7(2)15-11(14)18-12;/h4-5,9H,3H2,1-2H3,(H3,14,15,16,17,18);1H4. The highest BCUT2D eigenvalue weighted by molar-refractivity contribution is 7.10. The van der Waals surface area contributed by atoms with Crippen molar-refractivity contribution in [1.82, 2.24) is 15.0 Å². The molecule has 0 aliphatic rings. The molecule has 0 spiro atoms. The molecule has 7 heteroatoms. The summed E-state index contributed by atoms with van der Waals surface area (Å²) in [6.07, 6.45) is 0.819. The summed E-state index contributed by atoms with van der Waals surface area (Å²) in [5.41, 5.74) is 6.28. The smallest absolute Gasteiger partial charge is 0.228 e. The highest BCUT2D eigenvalue weighted by atomic mass is 32.1. The van der Waals surface area contributed by atoms with Gasteiger partial charge in [0, 0.05) is 4.88 Å². The van der Waals surface area contributed by atoms with Crippen LogP contribution in [-0.4, -0.2) is 15.0 Å². The first-order valence-electron chi connectivity index (χ1n) is 5.86. The van der Waals surface area contributed by atoms with Crippen molar-refractivity contribution in [1.29, 1.82) is 5.26 Å². The van der Waals surface area contributed by atoms with Crippen molar-refractivity contribution in [2.75, 3.05) is 11.1 Å². The number of nitrogens with one attached hydrogen (secondary N) is 1. The predicted molar refractivity (Wildman–Crippen MR) is 81.4 cm³/mol. The Kier molecular flexibility index (Phi) is 5.41. The summed E-state index contributed by atoms with van der Waals surface area (Å²) in [6.45, 7) is 3.80. The molecule has 1 atom stereocenters. The molecule has 1 unspecified atom stereocenters. The van der Waals surface area contributed by atoms with Gasteiger partial charge in [-0.2, -0.15) is 20.2 Å². The molecule has 6 nitrogen and oxygen atoms in total. The van der Waals surface area contributed by atoms with Crippen LogP contribution in [-0.2, 0) is 0 Å². The molecule has 2 rings (SSSR count). The van der Waals surface area contributed by atoms with Gasteiger partial charge in [-0.3, -0.25) is 0 Å². The second kappa shape index (κ2) is 6.82. The zero-order valence-corrected chi connectivity index (χ0v) is 11.5. The number of thiophene rings is 1. The van der Waals surface area contributed by atoms with Crippen LogP contribution in [0, 0.1) is 18.3 Å². The Balaban J connectivity index is 0.00000200. The number of rotatable bonds is 4. The summed E-state index contributed by atoms with van der Waals surface area (Å²) in [5, 5.41) is 14.2. The van der Waals surface area contributed by atoms with Crippen LogP contribution < -0.4 is 11.1 Å². The molecule has 2 aromatic rings. The summed E-state index contributed by atoms with van der Waals surface area (Å²) in [5.74, 6) is 1.20. The van der Waals surface area contributed by atoms with Crippen LogP contribution in [0.1, 0.15) is 43.1 Å². The van der Waals surface area contributed by atoms with Gasteiger partial charge in [-0.15, -0.1) is 11.3 Å². The predicted octanol–water partition coefficient (Wildman–Crippen LogP) is 2.89. The number of hydrogen-bond acceptors (Lipinski definition) is 7. The summed E-state index contributed by atoms with van der Waals surface area (Å²) in [4.78, 5) is 13.2. The summed E-state index contributed by atoms with van der Waals surface area (Å²) in [7, 11) is 0. The topological polar surface area (TPSA) is 101 Å². The van der Waals surface area contributed by atoms with Crippen molar-refractivity contribution in [3.8, 4) is 6.07 Å². The zero-order valence-electron chi connectivity index (χ0n) is 10.7. The Morgan fingerprint density at radius 2 is 2.20 bits per heavy atom. The maximum atomic E-state index is 9.07. The van der Waals surface area contributed by atoms with Gasteiger partial charge in [-0.05, 0) is 24.8 Å². The minimum absolute atomic E-state index is 0. The SMILES string of the molecule is C.CCC(Nc1nc(C)nc(N)n1)c1sccc1C#N. The second-order valence-electron chi connectivity index (χ2n) is 3.98. The number of nitrogens with two attached hydrogens (primary N) is 1. The number of hydrogen-bond donors (Lipinski definition) is 2. The van der Waals surface area contributed by atoms with E-state index in [4.69, 9.17) is 11.0 Å². The van der Waals surface area contributed by atoms with Crippen LogP contribution in [0.4, 0.5) is 11.9 Å². The van der Waals surface area contributed by atoms with Crippen molar-refractivity contribution in [2.24, 2.45) is 0 Å². The summed E-state index contributed by atoms with van der Waals surface area (Å²) >= 11 is 1.55. The van der Waals surface area contributed by atoms with E-state index in [1.54, 1.807) is 18.3 Å². The maximum absolute atomic E-state index is 9.07. The fraction of sp³-hybridized carbons (Fsp3) is 0.385. The average molecular weight is 290 g/mol. The molecule has 0 saturated carbocycles. The van der Waals surface area contributed by atoms with E-state index in [9.17, 15) is 0 Å². The Labute approximate surface area is 122 Å². The van der Waals surface area contributed by atoms with Crippen LogP contribution in [0.25, 0.3) is 0 Å². The average Bonchev–Trinajstić information content (AvgIpc) is 2.82. The fourth-order valence-corrected chi connectivity index (χ4v) is 2.74. The molecule has 2 heterocycles. The number of anilines is 2. The highest BCUT2D eigenvalue weighted by Gasteiger charge is 2.16. The van der Waals surface area contributed by atoms with Gasteiger partial charge in [0.15, 0.2) is 0 Å². The van der Waals surface area contributed by atoms with Gasteiger partial charge in [0.25, 0.3) is 0 Å². The first-order valence-corrected chi connectivity index (χ1v) is 6.74. The monoisotopic (exact) mass is 290 g/mol. The molecule has 0 fully saturated rings. The normalized spacial score (nSPS) is 11.2. The van der Waals surface area contributed by atoms with Crippen molar-refractivity contribution >= 4 is 23.2 Å². The lowest BCUT2D eigenvalue weighted by Crippen LogP contribution is -2.13. The summed E-state index contributed by atoms with van der Waals surface area (Å²) < 4.78 is 0. The highest BCUT2D eigenvalue weighted by Crippen LogP contribution is 2.28. The first-order chi connectivity index (χ1) is 9.13. The Bertz CT molecular complexity index is 595. The molecule has 0 amide bonds. The van der Waals surface area contributed by atoms with Crippen LogP contribution in [0.3, 0.4) is 0 Å². The Hall–Kier alpha value is -2.20. The van der Waals surface area contributed by atoms with Gasteiger partial charge in [0.05, 0.1) is 11.6 Å². The van der Waals surface area contributed by atoms with E-state index < -0.39 is 0 Å². The number of nitriles is 1. The van der Waals surface area contributed by atoms with E-state index in [1.165, 1.54) is 0 Å². The lowest BCUT2D eigenvalue weighted by Gasteiger charge is -2.16. The molecular weight excluding hydrogens is 272 g/mol. The van der Waals surface area contributed by atoms with Crippen LogP contribution in [0.5, 0.6) is 0 Å². The molecule has 0 bridgehead atoms. The van der Waals surface area contributed by atoms with Gasteiger partial charge < -0.3 is 11.1 Å². The largest absolute Gasteiger partial charge is 0.368 e. The molecule has 2 aromatic heterocycles. The van der Waals surface area contributed by atoms with E-state index in [0.717, 1.165) is 11.3 Å². The number of aryl methyl sites for hydroxylation is 1. The first kappa shape index (κ1) is 15.9. The third-order valence-corrected chi connectivity index (χ3v) is 3.64. The van der Waals surface area contributed by atoms with Gasteiger partial charge in [0.1, 0.15) is 11.9 Å². The maximum Gasteiger partial charge on any atom is 0.228 e. The summed E-state index contributed by atoms with van der Waals surface area (Å²) in [6, 6.07) is 4.00. The van der Waals surface area contributed by atoms with E-state index >= 15 is 0 Å². The van der Waals surface area contributed by atoms with Gasteiger partial charge in [0.2, 0.25) is 11.9 Å². The van der Waals surface area contributed by atoms with E-state index in [2.05, 4.69) is 26.3 Å². The number of nitrogens with zero attached hydrogens (tertiary/aromatic N) is 4. The van der Waals surface area contributed by atoms with Crippen molar-refractivity contribution < 1.29 is 0 Å². The second-order valence-corrected chi connectivity index (χ2v) is 4.93. The molecule has 0 aliphatic heterocycles. The molecule has 0 saturated heterocycles. The van der Waals surface area contributed by atoms with E-state index in [1.807, 2.05) is 18.4 Å². The van der Waals surface area contributed by atoms with Crippen molar-refractivity contribution in [2.45, 2.75) is 33.7 Å². The number of aromatic nitrogens is 3. The third kappa shape index (κ3) is 3.42. The van der Waals surface area contributed by atoms with Gasteiger partial charge >= 0.3 is 0 Å². The van der Waals surface area contributed by atoms with Crippen LogP contribution >= 0.6 is 11.3 Å². The molecule has 0 radical (unpaired) electrons. The molecule has 106 valence electrons. The zero-order chi connectivity index (χ0) is 13.8. The third-order valence-electron chi connectivity index (χ3n) is 2.61. The van der Waals surface area contributed by atoms with Crippen molar-refractivity contribution in [3.05, 3.63) is 27.7 Å². The lowest BCUT2D eigenvalue weighted by atomic mass is 10.1. The van der Waals surface area contributed by atoms with E-state index in [0.29, 0.717) is 17.3 Å². The molecule has 0 aliphatic carbocycles.